The summed E-state index contributed by atoms with van der Waals surface area (Å²) in [5.41, 5.74) is 9.73. The maximum atomic E-state index is 5.85. The van der Waals surface area contributed by atoms with Crippen molar-refractivity contribution < 1.29 is 0 Å². The van der Waals surface area contributed by atoms with Crippen LogP contribution in [0, 0.1) is 0 Å². The molecule has 1 aliphatic heterocycles. The van der Waals surface area contributed by atoms with Crippen molar-refractivity contribution in [2.75, 3.05) is 26.2 Å². The fourth-order valence-corrected chi connectivity index (χ4v) is 2.97. The molecule has 0 amide bonds. The molecule has 3 rings (SSSR count). The second-order valence-electron chi connectivity index (χ2n) is 5.28. The number of fused-ring (bicyclic) bond motifs is 1. The van der Waals surface area contributed by atoms with Crippen molar-refractivity contribution in [3.05, 3.63) is 35.5 Å². The van der Waals surface area contributed by atoms with E-state index in [1.807, 2.05) is 0 Å². The first-order valence-corrected chi connectivity index (χ1v) is 6.99. The molecule has 0 radical (unpaired) electrons. The highest BCUT2D eigenvalue weighted by molar-refractivity contribution is 5.84. The number of nitrogens with zero attached hydrogens (tertiary/aromatic N) is 2. The Balaban J connectivity index is 1.93. The maximum absolute atomic E-state index is 5.85. The molecule has 2 aromatic rings. The summed E-state index contributed by atoms with van der Waals surface area (Å²) in [7, 11) is 2.15. The second-order valence-corrected chi connectivity index (χ2v) is 5.28. The Bertz CT molecular complexity index is 567. The lowest BCUT2D eigenvalue weighted by Crippen LogP contribution is -2.43. The summed E-state index contributed by atoms with van der Waals surface area (Å²) in [4.78, 5) is 2.51. The Morgan fingerprint density at radius 1 is 1.26 bits per heavy atom. The van der Waals surface area contributed by atoms with Crippen LogP contribution in [0.4, 0.5) is 0 Å². The van der Waals surface area contributed by atoms with Crippen molar-refractivity contribution in [3.63, 3.8) is 0 Å². The average Bonchev–Trinajstić information content (AvgIpc) is 2.77. The lowest BCUT2D eigenvalue weighted by atomic mass is 10.1. The smallest absolute Gasteiger partial charge is 0.0525 e. The van der Waals surface area contributed by atoms with Crippen molar-refractivity contribution in [2.24, 2.45) is 12.8 Å². The number of aromatic nitrogens is 1. The van der Waals surface area contributed by atoms with Crippen molar-refractivity contribution >= 4 is 10.9 Å². The van der Waals surface area contributed by atoms with E-state index in [1.54, 1.807) is 0 Å². The highest BCUT2D eigenvalue weighted by Crippen LogP contribution is 2.23. The number of hydrogen-bond acceptors (Lipinski definition) is 3. The van der Waals surface area contributed by atoms with Gasteiger partial charge in [-0.2, -0.15) is 0 Å². The Labute approximate surface area is 114 Å². The van der Waals surface area contributed by atoms with Crippen LogP contribution in [0.5, 0.6) is 0 Å². The van der Waals surface area contributed by atoms with E-state index < -0.39 is 0 Å². The number of nitrogens with one attached hydrogen (secondary N) is 1. The van der Waals surface area contributed by atoms with E-state index in [4.69, 9.17) is 5.73 Å². The van der Waals surface area contributed by atoms with Crippen LogP contribution in [-0.4, -0.2) is 35.6 Å². The van der Waals surface area contributed by atoms with Gasteiger partial charge < -0.3 is 15.6 Å². The highest BCUT2D eigenvalue weighted by Gasteiger charge is 2.14. The lowest BCUT2D eigenvalue weighted by molar-refractivity contribution is 0.229. The summed E-state index contributed by atoms with van der Waals surface area (Å²) >= 11 is 0. The molecule has 2 heterocycles. The molecule has 0 unspecified atom stereocenters. The zero-order valence-corrected chi connectivity index (χ0v) is 11.5. The minimum absolute atomic E-state index is 0.599. The molecule has 0 aliphatic carbocycles. The van der Waals surface area contributed by atoms with Gasteiger partial charge in [-0.25, -0.2) is 0 Å². The van der Waals surface area contributed by atoms with Gasteiger partial charge in [-0.05, 0) is 11.6 Å². The molecular weight excluding hydrogens is 236 g/mol. The Morgan fingerprint density at radius 2 is 2.05 bits per heavy atom. The van der Waals surface area contributed by atoms with Crippen LogP contribution in [0.2, 0.25) is 0 Å². The van der Waals surface area contributed by atoms with Crippen LogP contribution in [0.25, 0.3) is 10.9 Å². The van der Waals surface area contributed by atoms with Crippen LogP contribution >= 0.6 is 0 Å². The number of rotatable bonds is 3. The summed E-state index contributed by atoms with van der Waals surface area (Å²) in [5, 5.41) is 4.70. The predicted octanol–water partition coefficient (Wildman–Crippen LogP) is 1.04. The Kier molecular flexibility index (Phi) is 3.55. The second kappa shape index (κ2) is 5.33. The van der Waals surface area contributed by atoms with Crippen LogP contribution < -0.4 is 11.1 Å². The first-order chi connectivity index (χ1) is 9.29. The van der Waals surface area contributed by atoms with Crippen molar-refractivity contribution in [1.82, 2.24) is 14.8 Å². The van der Waals surface area contributed by atoms with Crippen molar-refractivity contribution in [1.29, 1.82) is 0 Å². The van der Waals surface area contributed by atoms with Gasteiger partial charge in [0, 0.05) is 57.4 Å². The van der Waals surface area contributed by atoms with Gasteiger partial charge in [0.05, 0.1) is 5.52 Å². The molecule has 19 heavy (non-hydrogen) atoms. The first-order valence-electron chi connectivity index (χ1n) is 6.99. The molecule has 1 aromatic heterocycles. The zero-order chi connectivity index (χ0) is 13.2. The fourth-order valence-electron chi connectivity index (χ4n) is 2.97. The van der Waals surface area contributed by atoms with Gasteiger partial charge in [-0.3, -0.25) is 4.90 Å². The normalized spacial score (nSPS) is 17.2. The largest absolute Gasteiger partial charge is 0.346 e. The topological polar surface area (TPSA) is 46.2 Å². The average molecular weight is 258 g/mol. The van der Waals surface area contributed by atoms with Gasteiger partial charge in [0.15, 0.2) is 0 Å². The third-order valence-electron chi connectivity index (χ3n) is 4.05. The molecule has 0 spiro atoms. The number of benzene rings is 1. The molecule has 0 saturated carbocycles. The lowest BCUT2D eigenvalue weighted by Gasteiger charge is -2.27. The Hall–Kier alpha value is -1.36. The van der Waals surface area contributed by atoms with Gasteiger partial charge >= 0.3 is 0 Å². The van der Waals surface area contributed by atoms with E-state index in [2.05, 4.69) is 46.1 Å². The van der Waals surface area contributed by atoms with E-state index in [9.17, 15) is 0 Å². The highest BCUT2D eigenvalue weighted by atomic mass is 15.2. The molecule has 1 aromatic carbocycles. The summed E-state index contributed by atoms with van der Waals surface area (Å²) in [6.45, 7) is 6.08. The van der Waals surface area contributed by atoms with E-state index in [0.717, 1.165) is 32.7 Å². The van der Waals surface area contributed by atoms with Crippen LogP contribution in [-0.2, 0) is 20.1 Å². The first kappa shape index (κ1) is 12.7. The third-order valence-corrected chi connectivity index (χ3v) is 4.05. The van der Waals surface area contributed by atoms with Crippen molar-refractivity contribution in [2.45, 2.75) is 13.1 Å². The summed E-state index contributed by atoms with van der Waals surface area (Å²) in [6, 6.07) is 8.70. The predicted molar refractivity (Wildman–Crippen MR) is 79.0 cm³/mol. The molecular formula is C15H22N4. The summed E-state index contributed by atoms with van der Waals surface area (Å²) in [6.07, 6.45) is 0. The van der Waals surface area contributed by atoms with Gasteiger partial charge in [0.25, 0.3) is 0 Å². The zero-order valence-electron chi connectivity index (χ0n) is 11.5. The molecule has 1 saturated heterocycles. The van der Waals surface area contributed by atoms with Crippen molar-refractivity contribution in [3.8, 4) is 0 Å². The minimum Gasteiger partial charge on any atom is -0.346 e. The van der Waals surface area contributed by atoms with Gasteiger partial charge in [0.2, 0.25) is 0 Å². The van der Waals surface area contributed by atoms with E-state index in [1.165, 1.54) is 22.2 Å². The van der Waals surface area contributed by atoms with Gasteiger partial charge in [-0.15, -0.1) is 0 Å². The fraction of sp³-hybridized carbons (Fsp3) is 0.467. The minimum atomic E-state index is 0.599. The van der Waals surface area contributed by atoms with Crippen LogP contribution in [0.1, 0.15) is 11.3 Å². The SMILES string of the molecule is Cn1c(CN2CCNCC2)cc2cccc(CN)c21. The Morgan fingerprint density at radius 3 is 2.79 bits per heavy atom. The maximum Gasteiger partial charge on any atom is 0.0525 e. The third kappa shape index (κ3) is 2.39. The summed E-state index contributed by atoms with van der Waals surface area (Å²) in [5.74, 6) is 0. The van der Waals surface area contributed by atoms with E-state index >= 15 is 0 Å². The van der Waals surface area contributed by atoms with Crippen LogP contribution in [0.15, 0.2) is 24.3 Å². The molecule has 0 atom stereocenters. The molecule has 4 heteroatoms. The number of nitrogens with two attached hydrogens (primary N) is 1. The molecule has 1 aliphatic rings. The number of aryl methyl sites for hydroxylation is 1. The van der Waals surface area contributed by atoms with Gasteiger partial charge in [-0.1, -0.05) is 18.2 Å². The summed E-state index contributed by atoms with van der Waals surface area (Å²) < 4.78 is 2.31. The van der Waals surface area contributed by atoms with Crippen LogP contribution in [0.3, 0.4) is 0 Å². The molecule has 102 valence electrons. The number of para-hydroxylation sites is 1. The standard InChI is InChI=1S/C15H22N4/c1-18-14(11-19-7-5-17-6-8-19)9-12-3-2-4-13(10-16)15(12)18/h2-4,9,17H,5-8,10-11,16H2,1H3. The molecule has 0 bridgehead atoms. The quantitative estimate of drug-likeness (QED) is 0.865. The van der Waals surface area contributed by atoms with Gasteiger partial charge in [0.1, 0.15) is 0 Å². The number of piperazine rings is 1. The van der Waals surface area contributed by atoms with E-state index in [-0.39, 0.29) is 0 Å². The molecule has 1 fully saturated rings. The molecule has 3 N–H and O–H groups in total. The number of hydrogen-bond donors (Lipinski definition) is 2. The van der Waals surface area contributed by atoms with E-state index in [0.29, 0.717) is 6.54 Å². The molecule has 4 nitrogen and oxygen atoms in total. The monoisotopic (exact) mass is 258 g/mol.